The van der Waals surface area contributed by atoms with Crippen LogP contribution in [0.5, 0.6) is 0 Å². The molecule has 1 aromatic carbocycles. The number of esters is 1. The number of halogens is 1. The number of Topliss-reactive ketones (excluding diaryl/α,β-unsaturated/α-hetero) is 1. The number of carbonyl (C=O) groups excluding carboxylic acids is 2. The van der Waals surface area contributed by atoms with Crippen LogP contribution in [-0.2, 0) is 14.4 Å². The van der Waals surface area contributed by atoms with Crippen molar-refractivity contribution in [2.75, 3.05) is 6.61 Å². The van der Waals surface area contributed by atoms with Crippen LogP contribution in [0.25, 0.3) is 0 Å². The molecule has 0 N–H and O–H groups in total. The van der Waals surface area contributed by atoms with E-state index >= 15 is 0 Å². The number of nitrogens with zero attached hydrogens (tertiary/aromatic N) is 1. The average molecular weight is 378 g/mol. The van der Waals surface area contributed by atoms with Gasteiger partial charge in [0.1, 0.15) is 12.4 Å². The fourth-order valence-electron chi connectivity index (χ4n) is 2.86. The van der Waals surface area contributed by atoms with E-state index in [0.717, 1.165) is 0 Å². The van der Waals surface area contributed by atoms with Crippen molar-refractivity contribution in [3.05, 3.63) is 46.2 Å². The standard InChI is InChI=1S/C20H24ClNO4/c1-5-15(22-25-6-2)18-16(23)11-20(3,4)12-17(18)26-19(24)13-7-9-14(21)10-8-13/h7-10H,5-6,11-12H2,1-4H3/b22-15-. The fraction of sp³-hybridized carbons (Fsp3) is 0.450. The second kappa shape index (κ2) is 8.49. The maximum absolute atomic E-state index is 12.7. The second-order valence-corrected chi connectivity index (χ2v) is 7.38. The Labute approximate surface area is 159 Å². The molecule has 0 radical (unpaired) electrons. The molecule has 0 bridgehead atoms. The molecule has 0 atom stereocenters. The maximum atomic E-state index is 12.7. The van der Waals surface area contributed by atoms with Crippen molar-refractivity contribution in [1.29, 1.82) is 0 Å². The van der Waals surface area contributed by atoms with Gasteiger partial charge in [0.15, 0.2) is 5.78 Å². The molecule has 1 aliphatic carbocycles. The zero-order valence-electron chi connectivity index (χ0n) is 15.6. The van der Waals surface area contributed by atoms with Gasteiger partial charge < -0.3 is 9.57 Å². The number of ketones is 1. The third-order valence-electron chi connectivity index (χ3n) is 4.06. The minimum atomic E-state index is -0.522. The normalized spacial score (nSPS) is 17.3. The van der Waals surface area contributed by atoms with Crippen LogP contribution in [0.4, 0.5) is 0 Å². The summed E-state index contributed by atoms with van der Waals surface area (Å²) in [5, 5.41) is 4.59. The Morgan fingerprint density at radius 3 is 2.42 bits per heavy atom. The molecule has 5 nitrogen and oxygen atoms in total. The van der Waals surface area contributed by atoms with E-state index in [4.69, 9.17) is 21.2 Å². The van der Waals surface area contributed by atoms with E-state index in [9.17, 15) is 9.59 Å². The zero-order valence-corrected chi connectivity index (χ0v) is 16.4. The van der Waals surface area contributed by atoms with Crippen LogP contribution in [0.1, 0.15) is 57.3 Å². The van der Waals surface area contributed by atoms with Crippen LogP contribution < -0.4 is 0 Å². The van der Waals surface area contributed by atoms with Crippen molar-refractivity contribution >= 4 is 29.1 Å². The van der Waals surface area contributed by atoms with Crippen LogP contribution in [-0.4, -0.2) is 24.1 Å². The predicted octanol–water partition coefficient (Wildman–Crippen LogP) is 4.94. The zero-order chi connectivity index (χ0) is 19.3. The Bertz CT molecular complexity index is 748. The lowest BCUT2D eigenvalue weighted by atomic mass is 9.75. The number of allylic oxidation sites excluding steroid dienone is 2. The summed E-state index contributed by atoms with van der Waals surface area (Å²) >= 11 is 5.86. The Balaban J connectivity index is 2.41. The van der Waals surface area contributed by atoms with E-state index in [1.165, 1.54) is 0 Å². The fourth-order valence-corrected chi connectivity index (χ4v) is 2.99. The van der Waals surface area contributed by atoms with E-state index in [0.29, 0.717) is 53.5 Å². The third-order valence-corrected chi connectivity index (χ3v) is 4.31. The lowest BCUT2D eigenvalue weighted by molar-refractivity contribution is -0.118. The molecule has 26 heavy (non-hydrogen) atoms. The summed E-state index contributed by atoms with van der Waals surface area (Å²) in [7, 11) is 0. The largest absolute Gasteiger partial charge is 0.427 e. The summed E-state index contributed by atoms with van der Waals surface area (Å²) in [5.41, 5.74) is 0.950. The van der Waals surface area contributed by atoms with Crippen LogP contribution in [0.15, 0.2) is 40.8 Å². The first kappa shape index (κ1) is 20.2. The molecule has 0 spiro atoms. The van der Waals surface area contributed by atoms with Crippen molar-refractivity contribution in [2.24, 2.45) is 10.6 Å². The summed E-state index contributed by atoms with van der Waals surface area (Å²) in [6, 6.07) is 6.43. The van der Waals surface area contributed by atoms with Crippen molar-refractivity contribution in [3.63, 3.8) is 0 Å². The van der Waals surface area contributed by atoms with Crippen molar-refractivity contribution in [3.8, 4) is 0 Å². The smallest absolute Gasteiger partial charge is 0.343 e. The Morgan fingerprint density at radius 2 is 1.85 bits per heavy atom. The average Bonchev–Trinajstić information content (AvgIpc) is 2.56. The molecule has 1 aliphatic rings. The summed E-state index contributed by atoms with van der Waals surface area (Å²) < 4.78 is 5.64. The number of benzene rings is 1. The number of hydrogen-bond acceptors (Lipinski definition) is 5. The van der Waals surface area contributed by atoms with Gasteiger partial charge in [-0.25, -0.2) is 4.79 Å². The number of ether oxygens (including phenoxy) is 1. The van der Waals surface area contributed by atoms with Gasteiger partial charge in [-0.15, -0.1) is 0 Å². The number of hydrogen-bond donors (Lipinski definition) is 0. The summed E-state index contributed by atoms with van der Waals surface area (Å²) in [4.78, 5) is 30.4. The van der Waals surface area contributed by atoms with E-state index < -0.39 is 5.97 Å². The quantitative estimate of drug-likeness (QED) is 0.400. The topological polar surface area (TPSA) is 65.0 Å². The van der Waals surface area contributed by atoms with Crippen LogP contribution in [0, 0.1) is 5.41 Å². The Hall–Kier alpha value is -2.14. The number of carbonyl (C=O) groups is 2. The Kier molecular flexibility index (Phi) is 6.59. The predicted molar refractivity (Wildman–Crippen MR) is 101 cm³/mol. The van der Waals surface area contributed by atoms with Gasteiger partial charge in [-0.1, -0.05) is 37.5 Å². The monoisotopic (exact) mass is 377 g/mol. The lowest BCUT2D eigenvalue weighted by Crippen LogP contribution is -2.31. The van der Waals surface area contributed by atoms with Gasteiger partial charge in [0.2, 0.25) is 0 Å². The molecule has 0 amide bonds. The Morgan fingerprint density at radius 1 is 1.19 bits per heavy atom. The summed E-state index contributed by atoms with van der Waals surface area (Å²) in [6.45, 7) is 8.05. The van der Waals surface area contributed by atoms with Gasteiger partial charge in [-0.3, -0.25) is 4.79 Å². The van der Waals surface area contributed by atoms with Crippen molar-refractivity contribution < 1.29 is 19.2 Å². The molecule has 2 rings (SSSR count). The molecule has 0 saturated heterocycles. The summed E-state index contributed by atoms with van der Waals surface area (Å²) in [5.74, 6) is -0.251. The molecule has 6 heteroatoms. The highest BCUT2D eigenvalue weighted by Crippen LogP contribution is 2.38. The molecule has 0 heterocycles. The van der Waals surface area contributed by atoms with Crippen molar-refractivity contribution in [1.82, 2.24) is 0 Å². The first-order chi connectivity index (χ1) is 12.3. The van der Waals surface area contributed by atoms with Gasteiger partial charge in [0.25, 0.3) is 0 Å². The molecule has 0 saturated carbocycles. The van der Waals surface area contributed by atoms with E-state index in [1.54, 1.807) is 24.3 Å². The second-order valence-electron chi connectivity index (χ2n) is 6.94. The van der Waals surface area contributed by atoms with Crippen LogP contribution in [0.2, 0.25) is 5.02 Å². The first-order valence-corrected chi connectivity index (χ1v) is 9.08. The lowest BCUT2D eigenvalue weighted by Gasteiger charge is -2.31. The molecule has 140 valence electrons. The highest BCUT2D eigenvalue weighted by atomic mass is 35.5. The van der Waals surface area contributed by atoms with Crippen LogP contribution >= 0.6 is 11.6 Å². The summed E-state index contributed by atoms with van der Waals surface area (Å²) in [6.07, 6.45) is 1.34. The molecule has 0 aromatic heterocycles. The van der Waals surface area contributed by atoms with Gasteiger partial charge in [-0.05, 0) is 43.0 Å². The minimum Gasteiger partial charge on any atom is -0.427 e. The maximum Gasteiger partial charge on any atom is 0.343 e. The molecule has 0 fully saturated rings. The van der Waals surface area contributed by atoms with E-state index in [1.807, 2.05) is 27.7 Å². The highest BCUT2D eigenvalue weighted by molar-refractivity contribution is 6.30. The SMILES string of the molecule is CCO/N=C(/CC)C1=C(OC(=O)c2ccc(Cl)cc2)CC(C)(C)CC1=O. The molecule has 0 aliphatic heterocycles. The molecular formula is C20H24ClNO4. The van der Waals surface area contributed by atoms with Gasteiger partial charge in [0, 0.05) is 17.9 Å². The van der Waals surface area contributed by atoms with Gasteiger partial charge in [0.05, 0.1) is 16.8 Å². The van der Waals surface area contributed by atoms with Gasteiger partial charge >= 0.3 is 5.97 Å². The number of rotatable bonds is 6. The van der Waals surface area contributed by atoms with Crippen molar-refractivity contribution in [2.45, 2.75) is 47.0 Å². The van der Waals surface area contributed by atoms with E-state index in [-0.39, 0.29) is 11.2 Å². The highest BCUT2D eigenvalue weighted by Gasteiger charge is 2.37. The van der Waals surface area contributed by atoms with Gasteiger partial charge in [-0.2, -0.15) is 0 Å². The first-order valence-electron chi connectivity index (χ1n) is 8.70. The van der Waals surface area contributed by atoms with Crippen LogP contribution in [0.3, 0.4) is 0 Å². The number of oxime groups is 1. The third kappa shape index (κ3) is 4.94. The molecule has 1 aromatic rings. The molecule has 0 unspecified atom stereocenters. The van der Waals surface area contributed by atoms with E-state index in [2.05, 4.69) is 5.16 Å². The molecular weight excluding hydrogens is 354 g/mol. The minimum absolute atomic E-state index is 0.0829.